The summed E-state index contributed by atoms with van der Waals surface area (Å²) in [5.74, 6) is -1.04. The number of carbonyl (C=O) groups is 1. The van der Waals surface area contributed by atoms with Gasteiger partial charge in [-0.1, -0.05) is 23.7 Å². The van der Waals surface area contributed by atoms with Crippen molar-refractivity contribution in [2.75, 3.05) is 0 Å². The summed E-state index contributed by atoms with van der Waals surface area (Å²) >= 11 is 7.74. The normalized spacial score (nSPS) is 13.1. The molecule has 0 aliphatic heterocycles. The molecule has 3 aromatic heterocycles. The molecule has 2 aromatic carbocycles. The van der Waals surface area contributed by atoms with E-state index in [2.05, 4.69) is 30.9 Å². The lowest BCUT2D eigenvalue weighted by Crippen LogP contribution is -2.28. The molecular formula is C32H33ClN4O3S. The van der Waals surface area contributed by atoms with Gasteiger partial charge in [-0.2, -0.15) is 5.10 Å². The third-order valence-corrected chi connectivity index (χ3v) is 7.98. The van der Waals surface area contributed by atoms with E-state index in [-0.39, 0.29) is 5.54 Å². The second-order valence-corrected chi connectivity index (χ2v) is 13.5. The van der Waals surface area contributed by atoms with Crippen molar-refractivity contribution < 1.29 is 14.6 Å². The van der Waals surface area contributed by atoms with Gasteiger partial charge >= 0.3 is 5.97 Å². The van der Waals surface area contributed by atoms with E-state index >= 15 is 0 Å². The van der Waals surface area contributed by atoms with E-state index in [1.54, 1.807) is 6.20 Å². The maximum atomic E-state index is 12.6. The smallest absolute Gasteiger partial charge is 0.337 e. The predicted molar refractivity (Wildman–Crippen MR) is 165 cm³/mol. The van der Waals surface area contributed by atoms with E-state index < -0.39 is 17.7 Å². The zero-order valence-electron chi connectivity index (χ0n) is 24.2. The van der Waals surface area contributed by atoms with Crippen LogP contribution in [0.25, 0.3) is 43.2 Å². The molecule has 5 rings (SSSR count). The van der Waals surface area contributed by atoms with Crippen molar-refractivity contribution in [3.05, 3.63) is 77.2 Å². The number of hydrogen-bond acceptors (Lipinski definition) is 6. The predicted octanol–water partition coefficient (Wildman–Crippen LogP) is 8.55. The fourth-order valence-electron chi connectivity index (χ4n) is 4.71. The van der Waals surface area contributed by atoms with Crippen molar-refractivity contribution in [1.29, 1.82) is 0 Å². The van der Waals surface area contributed by atoms with E-state index in [1.807, 2.05) is 87.2 Å². The van der Waals surface area contributed by atoms with Crippen LogP contribution in [0.5, 0.6) is 0 Å². The lowest BCUT2D eigenvalue weighted by Gasteiger charge is -2.28. The molecule has 0 radical (unpaired) electrons. The number of nitrogens with zero attached hydrogens (tertiary/aromatic N) is 4. The Hall–Kier alpha value is -3.59. The number of benzene rings is 2. The second-order valence-electron chi connectivity index (χ2n) is 12.1. The van der Waals surface area contributed by atoms with Gasteiger partial charge in [0.1, 0.15) is 5.01 Å². The number of hydrogen-bond donors (Lipinski definition) is 1. The highest BCUT2D eigenvalue weighted by Crippen LogP contribution is 2.44. The van der Waals surface area contributed by atoms with Crippen LogP contribution in [0, 0.1) is 6.92 Å². The minimum atomic E-state index is -1.16. The largest absolute Gasteiger partial charge is 0.479 e. The van der Waals surface area contributed by atoms with Crippen molar-refractivity contribution >= 4 is 39.1 Å². The van der Waals surface area contributed by atoms with Gasteiger partial charge in [-0.25, -0.2) is 9.78 Å². The summed E-state index contributed by atoms with van der Waals surface area (Å²) in [6.45, 7) is 13.8. The number of rotatable bonds is 6. The van der Waals surface area contributed by atoms with E-state index in [0.29, 0.717) is 10.6 Å². The van der Waals surface area contributed by atoms with Crippen LogP contribution in [0.4, 0.5) is 0 Å². The van der Waals surface area contributed by atoms with Crippen molar-refractivity contribution in [1.82, 2.24) is 19.7 Å². The van der Waals surface area contributed by atoms with Crippen LogP contribution < -0.4 is 0 Å². The molecule has 41 heavy (non-hydrogen) atoms. The van der Waals surface area contributed by atoms with Crippen LogP contribution >= 0.6 is 22.9 Å². The molecule has 7 nitrogen and oxygen atoms in total. The zero-order chi connectivity index (χ0) is 29.7. The highest BCUT2D eigenvalue weighted by Gasteiger charge is 2.32. The van der Waals surface area contributed by atoms with Crippen LogP contribution in [-0.2, 0) is 15.1 Å². The monoisotopic (exact) mass is 588 g/mol. The fraction of sp³-hybridized carbons (Fsp3) is 0.312. The number of pyridine rings is 1. The third-order valence-electron chi connectivity index (χ3n) is 6.59. The van der Waals surface area contributed by atoms with Crippen molar-refractivity contribution in [2.24, 2.45) is 0 Å². The molecule has 0 fully saturated rings. The number of aromatic nitrogens is 4. The molecule has 1 atom stereocenters. The van der Waals surface area contributed by atoms with Crippen molar-refractivity contribution in [3.8, 4) is 33.0 Å². The summed E-state index contributed by atoms with van der Waals surface area (Å²) in [7, 11) is 0. The second kappa shape index (κ2) is 10.7. The van der Waals surface area contributed by atoms with Gasteiger partial charge in [-0.05, 0) is 89.9 Å². The highest BCUT2D eigenvalue weighted by atomic mass is 35.5. The molecule has 9 heteroatoms. The molecule has 0 unspecified atom stereocenters. The molecule has 1 N–H and O–H groups in total. The zero-order valence-corrected chi connectivity index (χ0v) is 25.8. The van der Waals surface area contributed by atoms with Crippen LogP contribution in [-0.4, -0.2) is 36.4 Å². The minimum absolute atomic E-state index is 0.138. The van der Waals surface area contributed by atoms with Crippen LogP contribution in [0.1, 0.15) is 58.8 Å². The van der Waals surface area contributed by atoms with Crippen molar-refractivity contribution in [3.63, 3.8) is 0 Å². The van der Waals surface area contributed by atoms with Gasteiger partial charge in [0.15, 0.2) is 6.10 Å². The lowest BCUT2D eigenvalue weighted by atomic mass is 9.91. The summed E-state index contributed by atoms with van der Waals surface area (Å²) in [4.78, 5) is 22.2. The molecule has 0 amide bonds. The molecule has 0 aliphatic rings. The molecule has 3 heterocycles. The molecule has 0 saturated heterocycles. The molecule has 0 bridgehead atoms. The molecule has 5 aromatic rings. The van der Waals surface area contributed by atoms with Gasteiger partial charge in [-0.15, -0.1) is 11.3 Å². The Morgan fingerprint density at radius 3 is 2.34 bits per heavy atom. The molecule has 0 aliphatic carbocycles. The van der Waals surface area contributed by atoms with Crippen LogP contribution in [0.15, 0.2) is 61.1 Å². The summed E-state index contributed by atoms with van der Waals surface area (Å²) in [5, 5.41) is 16.2. The maximum Gasteiger partial charge on any atom is 0.337 e. The van der Waals surface area contributed by atoms with E-state index in [0.717, 1.165) is 48.7 Å². The number of aryl methyl sites for hydroxylation is 1. The van der Waals surface area contributed by atoms with Gasteiger partial charge in [0.05, 0.1) is 33.2 Å². The average molecular weight is 589 g/mol. The Bertz CT molecular complexity index is 1740. The fourth-order valence-corrected chi connectivity index (χ4v) is 5.95. The first-order valence-electron chi connectivity index (χ1n) is 13.3. The third kappa shape index (κ3) is 6.05. The van der Waals surface area contributed by atoms with Gasteiger partial charge in [0.25, 0.3) is 0 Å². The first-order valence-corrected chi connectivity index (χ1v) is 14.5. The van der Waals surface area contributed by atoms with Crippen LogP contribution in [0.2, 0.25) is 5.02 Å². The number of carboxylic acids is 1. The Balaban J connectivity index is 1.70. The summed E-state index contributed by atoms with van der Waals surface area (Å²) in [5.41, 5.74) is 5.67. The quantitative estimate of drug-likeness (QED) is 0.214. The molecule has 0 saturated carbocycles. The van der Waals surface area contributed by atoms with Gasteiger partial charge < -0.3 is 9.84 Å². The number of carboxylic acid groups (broad SMARTS) is 1. The van der Waals surface area contributed by atoms with E-state index in [4.69, 9.17) is 21.3 Å². The van der Waals surface area contributed by atoms with Crippen LogP contribution in [0.3, 0.4) is 0 Å². The lowest BCUT2D eigenvalue weighted by molar-refractivity contribution is -0.160. The number of thiazole rings is 1. The number of ether oxygens (including phenoxy) is 1. The molecular weight excluding hydrogens is 556 g/mol. The highest BCUT2D eigenvalue weighted by molar-refractivity contribution is 7.22. The number of fused-ring (bicyclic) bond motifs is 1. The topological polar surface area (TPSA) is 90.1 Å². The van der Waals surface area contributed by atoms with Gasteiger partial charge in [0.2, 0.25) is 0 Å². The van der Waals surface area contributed by atoms with E-state index in [9.17, 15) is 9.90 Å². The Labute approximate surface area is 248 Å². The number of aliphatic carboxylic acids is 1. The Morgan fingerprint density at radius 2 is 1.73 bits per heavy atom. The Morgan fingerprint density at radius 1 is 1.02 bits per heavy atom. The minimum Gasteiger partial charge on any atom is -0.479 e. The average Bonchev–Trinajstić information content (AvgIpc) is 3.55. The SMILES string of the molecule is Cc1cc2nc(-c3ccnc(-c4cnn(C(C)(C)C)c4)c3)sc2c(-c2ccc(Cl)cc2)c1[C@H](OC(C)(C)C)C(=O)O. The summed E-state index contributed by atoms with van der Waals surface area (Å²) in [6.07, 6.45) is 4.44. The van der Waals surface area contributed by atoms with E-state index in [1.165, 1.54) is 11.3 Å². The first-order chi connectivity index (χ1) is 19.2. The molecule has 0 spiro atoms. The standard InChI is InChI=1S/C32H33ClN4O3S/c1-18-14-24-28(26(19-8-10-22(33)11-9-19)25(18)27(30(38)39)40-32(5,6)7)41-29(36-24)20-12-13-34-23(15-20)21-16-35-37(17-21)31(2,3)4/h8-17,27H,1-7H3,(H,38,39)/t27-/m0/s1. The van der Waals surface area contributed by atoms with Gasteiger partial charge in [-0.3, -0.25) is 9.67 Å². The Kier molecular flexibility index (Phi) is 7.53. The van der Waals surface area contributed by atoms with Crippen molar-refractivity contribution in [2.45, 2.75) is 65.7 Å². The number of halogens is 1. The molecule has 212 valence electrons. The first kappa shape index (κ1) is 28.9. The van der Waals surface area contributed by atoms with Gasteiger partial charge in [0, 0.05) is 39.7 Å². The summed E-state index contributed by atoms with van der Waals surface area (Å²) in [6, 6.07) is 13.3. The maximum absolute atomic E-state index is 12.6. The summed E-state index contributed by atoms with van der Waals surface area (Å²) < 4.78 is 8.93.